The maximum Gasteiger partial charge on any atom is 0.148 e. The summed E-state index contributed by atoms with van der Waals surface area (Å²) in [5.74, 6) is 3.29. The molecule has 1 N–H and O–H groups in total. The summed E-state index contributed by atoms with van der Waals surface area (Å²) in [4.78, 5) is 6.59. The highest BCUT2D eigenvalue weighted by Crippen LogP contribution is 2.27. The highest BCUT2D eigenvalue weighted by molar-refractivity contribution is 5.78. The van der Waals surface area contributed by atoms with Crippen molar-refractivity contribution in [2.24, 2.45) is 0 Å². The van der Waals surface area contributed by atoms with Crippen LogP contribution in [-0.4, -0.2) is 44.9 Å². The molecule has 0 radical (unpaired) electrons. The van der Waals surface area contributed by atoms with E-state index in [1.807, 2.05) is 36.7 Å². The topological polar surface area (TPSA) is 50.5 Å². The molecule has 0 amide bonds. The van der Waals surface area contributed by atoms with Crippen LogP contribution in [0.1, 0.15) is 18.4 Å². The van der Waals surface area contributed by atoms with Crippen molar-refractivity contribution in [2.75, 3.05) is 19.7 Å². The second-order valence-corrected chi connectivity index (χ2v) is 7.52. The van der Waals surface area contributed by atoms with Crippen LogP contribution in [0.15, 0.2) is 55.0 Å². The Bertz CT molecular complexity index is 981. The molecule has 0 saturated carbocycles. The van der Waals surface area contributed by atoms with Gasteiger partial charge in [-0.1, -0.05) is 18.1 Å². The average molecular weight is 375 g/mol. The number of terminal acetylenes is 1. The van der Waals surface area contributed by atoms with Crippen LogP contribution >= 0.6 is 0 Å². The van der Waals surface area contributed by atoms with E-state index < -0.39 is 5.60 Å². The summed E-state index contributed by atoms with van der Waals surface area (Å²) in [5.41, 5.74) is 1.58. The Morgan fingerprint density at radius 3 is 2.89 bits per heavy atom. The van der Waals surface area contributed by atoms with Crippen molar-refractivity contribution in [3.63, 3.8) is 0 Å². The number of benzene rings is 1. The number of aromatic nitrogens is 2. The van der Waals surface area contributed by atoms with Gasteiger partial charge in [0.15, 0.2) is 0 Å². The standard InChI is InChI=1S/C23H25N3O2/c1-2-14-28-21-5-3-4-19(15-21)17-25-12-8-23(27,9-13-25)18-26-11-7-20-6-10-24-16-22(20)26/h1,3-7,10-11,15-16,27H,8-9,12-14,17-18H2. The normalized spacial score (nSPS) is 16.7. The van der Waals surface area contributed by atoms with Crippen molar-refractivity contribution in [1.82, 2.24) is 14.5 Å². The number of hydrogen-bond donors (Lipinski definition) is 1. The predicted molar refractivity (Wildman–Crippen MR) is 110 cm³/mol. The Morgan fingerprint density at radius 1 is 1.21 bits per heavy atom. The van der Waals surface area contributed by atoms with Gasteiger partial charge in [0, 0.05) is 37.4 Å². The SMILES string of the molecule is C#CCOc1cccc(CN2CCC(O)(Cn3ccc4ccncc43)CC2)c1. The Morgan fingerprint density at radius 2 is 2.07 bits per heavy atom. The quantitative estimate of drug-likeness (QED) is 0.673. The number of hydrogen-bond acceptors (Lipinski definition) is 4. The summed E-state index contributed by atoms with van der Waals surface area (Å²) in [7, 11) is 0. The molecule has 1 aliphatic rings. The van der Waals surface area contributed by atoms with E-state index in [-0.39, 0.29) is 6.61 Å². The number of aliphatic hydroxyl groups is 1. The molecule has 1 fully saturated rings. The molecular formula is C23H25N3O2. The number of pyridine rings is 1. The van der Waals surface area contributed by atoms with Gasteiger partial charge in [0.25, 0.3) is 0 Å². The number of nitrogens with zero attached hydrogens (tertiary/aromatic N) is 3. The molecule has 144 valence electrons. The van der Waals surface area contributed by atoms with Crippen molar-refractivity contribution in [2.45, 2.75) is 31.5 Å². The number of ether oxygens (including phenoxy) is 1. The molecular weight excluding hydrogens is 350 g/mol. The Labute approximate surface area is 165 Å². The van der Waals surface area contributed by atoms with Gasteiger partial charge < -0.3 is 14.4 Å². The zero-order valence-electron chi connectivity index (χ0n) is 15.9. The van der Waals surface area contributed by atoms with Crippen molar-refractivity contribution < 1.29 is 9.84 Å². The monoisotopic (exact) mass is 375 g/mol. The van der Waals surface area contributed by atoms with Gasteiger partial charge >= 0.3 is 0 Å². The largest absolute Gasteiger partial charge is 0.481 e. The highest BCUT2D eigenvalue weighted by atomic mass is 16.5. The van der Waals surface area contributed by atoms with Crippen LogP contribution in [0.5, 0.6) is 5.75 Å². The van der Waals surface area contributed by atoms with Gasteiger partial charge in [-0.05, 0) is 42.7 Å². The molecule has 2 aromatic heterocycles. The smallest absolute Gasteiger partial charge is 0.148 e. The molecule has 0 spiro atoms. The van der Waals surface area contributed by atoms with Crippen LogP contribution in [0.2, 0.25) is 0 Å². The molecule has 1 saturated heterocycles. The van der Waals surface area contributed by atoms with Crippen molar-refractivity contribution in [3.8, 4) is 18.1 Å². The third-order valence-electron chi connectivity index (χ3n) is 5.45. The first-order valence-corrected chi connectivity index (χ1v) is 9.64. The summed E-state index contributed by atoms with van der Waals surface area (Å²) in [6, 6.07) is 12.1. The summed E-state index contributed by atoms with van der Waals surface area (Å²) < 4.78 is 7.62. The first kappa shape index (κ1) is 18.5. The van der Waals surface area contributed by atoms with E-state index >= 15 is 0 Å². The van der Waals surface area contributed by atoms with Gasteiger partial charge in [-0.2, -0.15) is 0 Å². The van der Waals surface area contributed by atoms with Crippen LogP contribution < -0.4 is 4.74 Å². The molecule has 5 nitrogen and oxygen atoms in total. The zero-order valence-corrected chi connectivity index (χ0v) is 15.9. The van der Waals surface area contributed by atoms with E-state index in [4.69, 9.17) is 11.2 Å². The number of fused-ring (bicyclic) bond motifs is 1. The third kappa shape index (κ3) is 4.19. The van der Waals surface area contributed by atoms with Crippen molar-refractivity contribution >= 4 is 10.9 Å². The second kappa shape index (κ2) is 8.05. The molecule has 0 atom stereocenters. The summed E-state index contributed by atoms with van der Waals surface area (Å²) in [6.07, 6.45) is 12.5. The summed E-state index contributed by atoms with van der Waals surface area (Å²) >= 11 is 0. The average Bonchev–Trinajstić information content (AvgIpc) is 3.11. The van der Waals surface area contributed by atoms with Gasteiger partial charge in [-0.15, -0.1) is 6.42 Å². The predicted octanol–water partition coefficient (Wildman–Crippen LogP) is 3.08. The lowest BCUT2D eigenvalue weighted by atomic mass is 9.91. The van der Waals surface area contributed by atoms with Crippen LogP contribution in [0.25, 0.3) is 10.9 Å². The maximum atomic E-state index is 11.1. The van der Waals surface area contributed by atoms with Gasteiger partial charge in [-0.3, -0.25) is 9.88 Å². The van der Waals surface area contributed by atoms with Gasteiger partial charge in [0.05, 0.1) is 23.9 Å². The molecule has 0 unspecified atom stereocenters. The molecule has 5 heteroatoms. The number of rotatable bonds is 6. The molecule has 0 bridgehead atoms. The maximum absolute atomic E-state index is 11.1. The summed E-state index contributed by atoms with van der Waals surface area (Å²) in [5, 5.41) is 12.3. The molecule has 1 aromatic carbocycles. The Hall–Kier alpha value is -2.81. The minimum absolute atomic E-state index is 0.282. The molecule has 1 aliphatic heterocycles. The Balaban J connectivity index is 1.36. The fourth-order valence-electron chi connectivity index (χ4n) is 3.89. The molecule has 3 heterocycles. The van der Waals surface area contributed by atoms with Crippen LogP contribution in [0.3, 0.4) is 0 Å². The molecule has 0 aliphatic carbocycles. The van der Waals surface area contributed by atoms with E-state index in [0.717, 1.165) is 49.1 Å². The zero-order chi connectivity index (χ0) is 19.4. The van der Waals surface area contributed by atoms with Crippen molar-refractivity contribution in [3.05, 3.63) is 60.6 Å². The van der Waals surface area contributed by atoms with Gasteiger partial charge in [0.1, 0.15) is 12.4 Å². The highest BCUT2D eigenvalue weighted by Gasteiger charge is 2.32. The summed E-state index contributed by atoms with van der Waals surface area (Å²) in [6.45, 7) is 3.46. The van der Waals surface area contributed by atoms with E-state index in [0.29, 0.717) is 6.54 Å². The van der Waals surface area contributed by atoms with Crippen LogP contribution in [0.4, 0.5) is 0 Å². The van der Waals surface area contributed by atoms with E-state index in [1.165, 1.54) is 5.56 Å². The van der Waals surface area contributed by atoms with Crippen LogP contribution in [0, 0.1) is 12.3 Å². The van der Waals surface area contributed by atoms with E-state index in [9.17, 15) is 5.11 Å². The molecule has 4 rings (SSSR count). The fourth-order valence-corrected chi connectivity index (χ4v) is 3.89. The minimum Gasteiger partial charge on any atom is -0.481 e. The molecule has 3 aromatic rings. The first-order valence-electron chi connectivity index (χ1n) is 9.64. The number of likely N-dealkylation sites (tertiary alicyclic amines) is 1. The lowest BCUT2D eigenvalue weighted by Crippen LogP contribution is -2.46. The molecule has 28 heavy (non-hydrogen) atoms. The van der Waals surface area contributed by atoms with E-state index in [1.54, 1.807) is 6.20 Å². The van der Waals surface area contributed by atoms with Gasteiger partial charge in [-0.25, -0.2) is 0 Å². The first-order chi connectivity index (χ1) is 13.6. The van der Waals surface area contributed by atoms with Crippen LogP contribution in [-0.2, 0) is 13.1 Å². The van der Waals surface area contributed by atoms with Gasteiger partial charge in [0.2, 0.25) is 0 Å². The lowest BCUT2D eigenvalue weighted by Gasteiger charge is -2.38. The van der Waals surface area contributed by atoms with E-state index in [2.05, 4.69) is 32.5 Å². The second-order valence-electron chi connectivity index (χ2n) is 7.52. The Kier molecular flexibility index (Phi) is 5.34. The lowest BCUT2D eigenvalue weighted by molar-refractivity contribution is -0.0349. The number of piperidine rings is 1. The van der Waals surface area contributed by atoms with Crippen molar-refractivity contribution in [1.29, 1.82) is 0 Å². The third-order valence-corrected chi connectivity index (χ3v) is 5.45. The minimum atomic E-state index is -0.684. The fraction of sp³-hybridized carbons (Fsp3) is 0.348.